The van der Waals surface area contributed by atoms with Crippen molar-refractivity contribution in [2.75, 3.05) is 0 Å². The van der Waals surface area contributed by atoms with Gasteiger partial charge in [-0.15, -0.1) is 0 Å². The average Bonchev–Trinajstić information content (AvgIpc) is 3.05. The second-order valence-corrected chi connectivity index (χ2v) is 5.97. The minimum absolute atomic E-state index is 0.358. The van der Waals surface area contributed by atoms with Crippen LogP contribution in [-0.4, -0.2) is 11.1 Å². The number of aliphatic hydroxyl groups is 1. The molecule has 94 valence electrons. The first-order chi connectivity index (χ1) is 7.49. The van der Waals surface area contributed by atoms with Crippen molar-refractivity contribution < 1.29 is 14.9 Å². The van der Waals surface area contributed by atoms with E-state index in [1.165, 1.54) is 32.1 Å². The van der Waals surface area contributed by atoms with Crippen LogP contribution in [0.4, 0.5) is 0 Å². The molecule has 16 heavy (non-hydrogen) atoms. The highest BCUT2D eigenvalue weighted by molar-refractivity contribution is 5.05. The van der Waals surface area contributed by atoms with Gasteiger partial charge in [0.25, 0.3) is 0 Å². The molecule has 0 aromatic carbocycles. The van der Waals surface area contributed by atoms with Crippen LogP contribution in [0, 0.1) is 17.3 Å². The van der Waals surface area contributed by atoms with Gasteiger partial charge >= 0.3 is 5.97 Å². The quantitative estimate of drug-likeness (QED) is 0.413. The molecule has 3 nitrogen and oxygen atoms in total. The molecule has 1 saturated heterocycles. The molecule has 1 heterocycles. The van der Waals surface area contributed by atoms with E-state index in [9.17, 15) is 5.11 Å². The van der Waals surface area contributed by atoms with Crippen LogP contribution in [0.2, 0.25) is 0 Å². The van der Waals surface area contributed by atoms with Gasteiger partial charge in [-0.3, -0.25) is 0 Å². The Morgan fingerprint density at radius 2 is 1.75 bits per heavy atom. The van der Waals surface area contributed by atoms with Crippen molar-refractivity contribution in [2.45, 2.75) is 65.3 Å². The Labute approximate surface area is 98.1 Å². The molecule has 1 saturated carbocycles. The van der Waals surface area contributed by atoms with Crippen molar-refractivity contribution >= 4 is 0 Å². The molecule has 2 atom stereocenters. The molecule has 0 aromatic heterocycles. The van der Waals surface area contributed by atoms with Gasteiger partial charge < -0.3 is 5.11 Å². The number of unbranched alkanes of at least 4 members (excludes halogenated alkanes) is 3. The molecule has 0 bridgehead atoms. The van der Waals surface area contributed by atoms with Crippen molar-refractivity contribution in [3.05, 3.63) is 0 Å². The summed E-state index contributed by atoms with van der Waals surface area (Å²) < 4.78 is 0. The molecular weight excluding hydrogens is 204 g/mol. The largest absolute Gasteiger partial charge is 0.340 e. The molecule has 0 radical (unpaired) electrons. The van der Waals surface area contributed by atoms with Crippen molar-refractivity contribution in [3.63, 3.8) is 0 Å². The van der Waals surface area contributed by atoms with Gasteiger partial charge in [-0.25, -0.2) is 0 Å². The Bertz CT molecular complexity index is 246. The smallest absolute Gasteiger partial charge is 0.338 e. The van der Waals surface area contributed by atoms with Crippen molar-refractivity contribution in [2.24, 2.45) is 17.3 Å². The van der Waals surface area contributed by atoms with Crippen LogP contribution in [-0.2, 0) is 9.78 Å². The molecule has 0 aromatic rings. The summed E-state index contributed by atoms with van der Waals surface area (Å²) in [7, 11) is 0. The van der Waals surface area contributed by atoms with Crippen LogP contribution in [0.25, 0.3) is 0 Å². The fourth-order valence-corrected chi connectivity index (χ4v) is 3.02. The fourth-order valence-electron chi connectivity index (χ4n) is 3.02. The van der Waals surface area contributed by atoms with Crippen molar-refractivity contribution in [1.29, 1.82) is 0 Å². The summed E-state index contributed by atoms with van der Waals surface area (Å²) in [4.78, 5) is 9.17. The zero-order chi connectivity index (χ0) is 11.8. The summed E-state index contributed by atoms with van der Waals surface area (Å²) in [5.41, 5.74) is 0.358. The van der Waals surface area contributed by atoms with Crippen molar-refractivity contribution in [1.82, 2.24) is 0 Å². The van der Waals surface area contributed by atoms with E-state index in [0.717, 1.165) is 5.92 Å². The van der Waals surface area contributed by atoms with Gasteiger partial charge in [0, 0.05) is 6.42 Å². The van der Waals surface area contributed by atoms with Crippen LogP contribution in [0.3, 0.4) is 0 Å². The molecule has 2 unspecified atom stereocenters. The Kier molecular flexibility index (Phi) is 3.30. The van der Waals surface area contributed by atoms with Crippen LogP contribution in [0.1, 0.15) is 59.3 Å². The van der Waals surface area contributed by atoms with Crippen LogP contribution < -0.4 is 0 Å². The lowest BCUT2D eigenvalue weighted by atomic mass is 10.0. The van der Waals surface area contributed by atoms with Crippen LogP contribution in [0.15, 0.2) is 0 Å². The van der Waals surface area contributed by atoms with Gasteiger partial charge in [-0.05, 0) is 23.7 Å². The third kappa shape index (κ3) is 2.58. The van der Waals surface area contributed by atoms with E-state index in [1.54, 1.807) is 0 Å². The Morgan fingerprint density at radius 3 is 2.31 bits per heavy atom. The first-order valence-corrected chi connectivity index (χ1v) is 6.59. The highest BCUT2D eigenvalue weighted by Crippen LogP contribution is 2.64. The van der Waals surface area contributed by atoms with E-state index < -0.39 is 5.97 Å². The zero-order valence-corrected chi connectivity index (χ0v) is 10.7. The maximum absolute atomic E-state index is 9.55. The maximum atomic E-state index is 9.55. The summed E-state index contributed by atoms with van der Waals surface area (Å²) in [6, 6.07) is 0. The minimum Gasteiger partial charge on any atom is -0.340 e. The van der Waals surface area contributed by atoms with Gasteiger partial charge in [0.05, 0.1) is 0 Å². The minimum atomic E-state index is -1.24. The standard InChI is InChI=1S/C13H24O3/c1-4-5-6-7-8-10-11(12(10,2)3)9-13(14)15-16-13/h10-11,14H,4-9H2,1-3H3. The molecule has 1 aliphatic carbocycles. The first kappa shape index (κ1) is 12.3. The topological polar surface area (TPSA) is 45.3 Å². The lowest BCUT2D eigenvalue weighted by Gasteiger charge is -2.02. The fraction of sp³-hybridized carbons (Fsp3) is 1.00. The molecular formula is C13H24O3. The normalized spacial score (nSPS) is 33.8. The average molecular weight is 228 g/mol. The molecule has 2 rings (SSSR count). The molecule has 1 N–H and O–H groups in total. The number of rotatable bonds is 7. The van der Waals surface area contributed by atoms with Gasteiger partial charge in [0.1, 0.15) is 0 Å². The summed E-state index contributed by atoms with van der Waals surface area (Å²) >= 11 is 0. The Balaban J connectivity index is 1.69. The van der Waals surface area contributed by atoms with E-state index >= 15 is 0 Å². The maximum Gasteiger partial charge on any atom is 0.338 e. The van der Waals surface area contributed by atoms with E-state index in [0.29, 0.717) is 17.8 Å². The molecule has 3 heteroatoms. The Morgan fingerprint density at radius 1 is 1.06 bits per heavy atom. The SMILES string of the molecule is CCCCCCC1C(CC2(O)OO2)C1(C)C. The third-order valence-electron chi connectivity index (χ3n) is 4.41. The van der Waals surface area contributed by atoms with Gasteiger partial charge in [0.2, 0.25) is 0 Å². The predicted octanol–water partition coefficient (Wildman–Crippen LogP) is 3.23. The van der Waals surface area contributed by atoms with E-state index in [1.807, 2.05) is 0 Å². The lowest BCUT2D eigenvalue weighted by molar-refractivity contribution is 0.0121. The number of hydrogen-bond donors (Lipinski definition) is 1. The van der Waals surface area contributed by atoms with Crippen molar-refractivity contribution in [3.8, 4) is 0 Å². The second kappa shape index (κ2) is 4.28. The third-order valence-corrected chi connectivity index (χ3v) is 4.41. The zero-order valence-electron chi connectivity index (χ0n) is 10.7. The summed E-state index contributed by atoms with van der Waals surface area (Å²) in [6.07, 6.45) is 7.21. The van der Waals surface area contributed by atoms with Gasteiger partial charge in [0.15, 0.2) is 0 Å². The summed E-state index contributed by atoms with van der Waals surface area (Å²) in [5.74, 6) is 0.0583. The highest BCUT2D eigenvalue weighted by Gasteiger charge is 2.63. The molecule has 1 aliphatic heterocycles. The molecule has 2 fully saturated rings. The van der Waals surface area contributed by atoms with Gasteiger partial charge in [-0.1, -0.05) is 46.5 Å². The number of hydrogen-bond acceptors (Lipinski definition) is 3. The van der Waals surface area contributed by atoms with Gasteiger partial charge in [-0.2, -0.15) is 9.78 Å². The lowest BCUT2D eigenvalue weighted by Crippen LogP contribution is -2.11. The second-order valence-electron chi connectivity index (χ2n) is 5.97. The molecule has 2 aliphatic rings. The highest BCUT2D eigenvalue weighted by atomic mass is 17.4. The van der Waals surface area contributed by atoms with E-state index in [4.69, 9.17) is 0 Å². The molecule has 0 spiro atoms. The summed E-state index contributed by atoms with van der Waals surface area (Å²) in [6.45, 7) is 6.81. The van der Waals surface area contributed by atoms with Crippen LogP contribution >= 0.6 is 0 Å². The molecule has 0 amide bonds. The van der Waals surface area contributed by atoms with E-state index in [2.05, 4.69) is 30.5 Å². The Hall–Kier alpha value is -0.120. The monoisotopic (exact) mass is 228 g/mol. The summed E-state index contributed by atoms with van der Waals surface area (Å²) in [5, 5.41) is 9.55. The van der Waals surface area contributed by atoms with Crippen LogP contribution in [0.5, 0.6) is 0 Å². The van der Waals surface area contributed by atoms with E-state index in [-0.39, 0.29) is 0 Å². The predicted molar refractivity (Wildman–Crippen MR) is 61.3 cm³/mol. The first-order valence-electron chi connectivity index (χ1n) is 6.59.